The molecule has 1 aliphatic carbocycles. The average molecular weight is 488 g/mol. The fraction of sp³-hybridized carbons (Fsp3) is 0.667. The third-order valence-electron chi connectivity index (χ3n) is 7.31. The Labute approximate surface area is 208 Å². The molecule has 0 radical (unpaired) electrons. The van der Waals surface area contributed by atoms with Crippen molar-refractivity contribution in [3.8, 4) is 5.75 Å². The predicted octanol–water partition coefficient (Wildman–Crippen LogP) is 3.42. The lowest BCUT2D eigenvalue weighted by Gasteiger charge is -2.47. The van der Waals surface area contributed by atoms with E-state index in [1.165, 1.54) is 6.07 Å². The van der Waals surface area contributed by atoms with Crippen LogP contribution in [0.1, 0.15) is 90.1 Å². The number of amides is 2. The third-order valence-corrected chi connectivity index (χ3v) is 7.31. The molecule has 35 heavy (non-hydrogen) atoms. The van der Waals surface area contributed by atoms with Gasteiger partial charge in [0.1, 0.15) is 11.8 Å². The predicted molar refractivity (Wildman–Crippen MR) is 134 cm³/mol. The zero-order valence-electron chi connectivity index (χ0n) is 22.1. The summed E-state index contributed by atoms with van der Waals surface area (Å²) in [5.41, 5.74) is -0.515. The number of rotatable bonds is 5. The molecule has 1 aliphatic heterocycles. The minimum Gasteiger partial charge on any atom is -0.508 e. The highest BCUT2D eigenvalue weighted by Crippen LogP contribution is 2.41. The van der Waals surface area contributed by atoms with Crippen LogP contribution in [-0.2, 0) is 15.0 Å². The van der Waals surface area contributed by atoms with Gasteiger partial charge in [-0.3, -0.25) is 14.4 Å². The van der Waals surface area contributed by atoms with Crippen LogP contribution in [0.25, 0.3) is 0 Å². The molecule has 3 rings (SSSR count). The summed E-state index contributed by atoms with van der Waals surface area (Å²) in [5, 5.41) is 26.7. The number of aromatic hydroxyl groups is 1. The molecule has 1 saturated carbocycles. The Morgan fingerprint density at radius 2 is 1.74 bits per heavy atom. The molecule has 1 saturated heterocycles. The number of carbonyl (C=O) groups excluding carboxylic acids is 2. The van der Waals surface area contributed by atoms with Gasteiger partial charge in [0.2, 0.25) is 5.91 Å². The van der Waals surface area contributed by atoms with Gasteiger partial charge in [-0.2, -0.15) is 0 Å². The van der Waals surface area contributed by atoms with Gasteiger partial charge in [0.15, 0.2) is 0 Å². The summed E-state index contributed by atoms with van der Waals surface area (Å²) in [6.07, 6.45) is 2.25. The van der Waals surface area contributed by atoms with Gasteiger partial charge in [-0.15, -0.1) is 0 Å². The van der Waals surface area contributed by atoms with Crippen LogP contribution in [-0.4, -0.2) is 63.1 Å². The fourth-order valence-electron chi connectivity index (χ4n) is 5.56. The molecule has 0 unspecified atom stereocenters. The first-order valence-corrected chi connectivity index (χ1v) is 12.5. The number of carboxylic acids is 1. The minimum absolute atomic E-state index is 0.0621. The number of hydrogen-bond donors (Lipinski definition) is 4. The number of nitrogens with zero attached hydrogens (tertiary/aromatic N) is 1. The van der Waals surface area contributed by atoms with Gasteiger partial charge in [0, 0.05) is 35.3 Å². The van der Waals surface area contributed by atoms with E-state index in [0.717, 1.165) is 6.42 Å². The Balaban J connectivity index is 1.73. The second-order valence-corrected chi connectivity index (χ2v) is 12.4. The largest absolute Gasteiger partial charge is 0.508 e. The van der Waals surface area contributed by atoms with Gasteiger partial charge in [0.05, 0.1) is 5.41 Å². The molecular formula is C27H41N3O5. The smallest absolute Gasteiger partial charge is 0.311 e. The van der Waals surface area contributed by atoms with Gasteiger partial charge in [-0.05, 0) is 77.0 Å². The number of phenols is 1. The van der Waals surface area contributed by atoms with Gasteiger partial charge < -0.3 is 25.7 Å². The molecule has 8 nitrogen and oxygen atoms in total. The van der Waals surface area contributed by atoms with Crippen LogP contribution in [0.3, 0.4) is 0 Å². The van der Waals surface area contributed by atoms with Crippen molar-refractivity contribution < 1.29 is 24.6 Å². The van der Waals surface area contributed by atoms with Crippen LogP contribution in [0.2, 0.25) is 0 Å². The van der Waals surface area contributed by atoms with Crippen LogP contribution < -0.4 is 10.6 Å². The molecule has 1 heterocycles. The lowest BCUT2D eigenvalue weighted by molar-refractivity contribution is -0.158. The van der Waals surface area contributed by atoms with Crippen molar-refractivity contribution in [2.24, 2.45) is 5.41 Å². The molecule has 4 N–H and O–H groups in total. The second kappa shape index (κ2) is 9.45. The van der Waals surface area contributed by atoms with E-state index in [1.54, 1.807) is 24.0 Å². The number of hydrogen-bond acceptors (Lipinski definition) is 5. The van der Waals surface area contributed by atoms with Crippen molar-refractivity contribution >= 4 is 17.8 Å². The summed E-state index contributed by atoms with van der Waals surface area (Å²) >= 11 is 0. The number of carboxylic acid groups (broad SMARTS) is 1. The summed E-state index contributed by atoms with van der Waals surface area (Å²) in [7, 11) is 0. The van der Waals surface area contributed by atoms with E-state index in [2.05, 4.69) is 31.4 Å². The molecule has 1 aromatic rings. The topological polar surface area (TPSA) is 119 Å². The number of benzene rings is 1. The Bertz CT molecular complexity index is 994. The van der Waals surface area contributed by atoms with E-state index in [0.29, 0.717) is 36.9 Å². The van der Waals surface area contributed by atoms with Crippen molar-refractivity contribution in [1.29, 1.82) is 0 Å². The van der Waals surface area contributed by atoms with Gasteiger partial charge in [-0.25, -0.2) is 0 Å². The van der Waals surface area contributed by atoms with E-state index >= 15 is 0 Å². The maximum atomic E-state index is 13.3. The highest BCUT2D eigenvalue weighted by Gasteiger charge is 2.52. The maximum Gasteiger partial charge on any atom is 0.311 e. The van der Waals surface area contributed by atoms with E-state index < -0.39 is 23.5 Å². The first-order chi connectivity index (χ1) is 16.0. The van der Waals surface area contributed by atoms with E-state index in [-0.39, 0.29) is 34.6 Å². The Morgan fingerprint density at radius 1 is 1.09 bits per heavy atom. The van der Waals surface area contributed by atoms with Gasteiger partial charge >= 0.3 is 5.97 Å². The van der Waals surface area contributed by atoms with Crippen molar-refractivity contribution in [2.45, 2.75) is 103 Å². The van der Waals surface area contributed by atoms with Crippen LogP contribution in [0.5, 0.6) is 5.75 Å². The minimum atomic E-state index is -1.08. The highest BCUT2D eigenvalue weighted by atomic mass is 16.4. The molecule has 2 amide bonds. The van der Waals surface area contributed by atoms with E-state index in [1.807, 2.05) is 20.8 Å². The number of phenolic OH excluding ortho intramolecular Hbond substituents is 1. The van der Waals surface area contributed by atoms with Crippen LogP contribution >= 0.6 is 0 Å². The second-order valence-electron chi connectivity index (χ2n) is 12.4. The zero-order chi connectivity index (χ0) is 26.3. The number of carbonyl (C=O) groups is 3. The molecule has 4 atom stereocenters. The summed E-state index contributed by atoms with van der Waals surface area (Å²) < 4.78 is 0. The molecule has 8 heteroatoms. The summed E-state index contributed by atoms with van der Waals surface area (Å²) in [4.78, 5) is 40.4. The molecule has 194 valence electrons. The number of likely N-dealkylation sites (tertiary alicyclic amines) is 1. The molecule has 0 spiro atoms. The highest BCUT2D eigenvalue weighted by molar-refractivity contribution is 5.98. The first kappa shape index (κ1) is 27.0. The first-order valence-electron chi connectivity index (χ1n) is 12.5. The molecule has 2 fully saturated rings. The lowest BCUT2D eigenvalue weighted by Crippen LogP contribution is -2.59. The fourth-order valence-corrected chi connectivity index (χ4v) is 5.56. The Morgan fingerprint density at radius 3 is 2.31 bits per heavy atom. The quantitative estimate of drug-likeness (QED) is 0.505. The zero-order valence-corrected chi connectivity index (χ0v) is 22.1. The SMILES string of the molecule is CC(C)(C)N[C@@H]1CC[C@H](N2CC[C@H](NC(=O)c3ccc(O)c(C(C)(C)C)c3)C2=O)[C@](C)(C(=O)O)C1. The summed E-state index contributed by atoms with van der Waals surface area (Å²) in [6, 6.07) is 3.65. The summed E-state index contributed by atoms with van der Waals surface area (Å²) in [6.45, 7) is 14.2. The molecule has 0 aromatic heterocycles. The molecule has 0 bridgehead atoms. The Kier molecular flexibility index (Phi) is 7.29. The lowest BCUT2D eigenvalue weighted by atomic mass is 9.68. The number of nitrogens with one attached hydrogen (secondary N) is 2. The summed E-state index contributed by atoms with van der Waals surface area (Å²) in [5.74, 6) is -1.38. The molecule has 2 aliphatic rings. The monoisotopic (exact) mass is 487 g/mol. The third kappa shape index (κ3) is 5.80. The molecular weight excluding hydrogens is 446 g/mol. The average Bonchev–Trinajstić information content (AvgIpc) is 3.06. The standard InChI is InChI=1S/C27H41N3O5/c1-25(2,3)18-14-16(8-10-20(18)31)22(32)28-19-12-13-30(23(19)33)21-11-9-17(29-26(4,5)6)15-27(21,7)24(34)35/h8,10,14,17,19,21,29,31H,9,11-13,15H2,1-7H3,(H,28,32)(H,34,35)/t17-,19+,21+,27-/m1/s1. The van der Waals surface area contributed by atoms with E-state index in [4.69, 9.17) is 0 Å². The van der Waals surface area contributed by atoms with Crippen LogP contribution in [0, 0.1) is 5.41 Å². The Hall–Kier alpha value is -2.61. The molecule has 1 aromatic carbocycles. The van der Waals surface area contributed by atoms with Crippen LogP contribution in [0.4, 0.5) is 0 Å². The van der Waals surface area contributed by atoms with E-state index in [9.17, 15) is 24.6 Å². The van der Waals surface area contributed by atoms with Crippen molar-refractivity contribution in [3.05, 3.63) is 29.3 Å². The normalized spacial score (nSPS) is 27.7. The van der Waals surface area contributed by atoms with Gasteiger partial charge in [0.25, 0.3) is 5.91 Å². The van der Waals surface area contributed by atoms with Gasteiger partial charge in [-0.1, -0.05) is 20.8 Å². The number of aliphatic carboxylic acids is 1. The maximum absolute atomic E-state index is 13.3. The van der Waals surface area contributed by atoms with Crippen molar-refractivity contribution in [2.75, 3.05) is 6.54 Å². The van der Waals surface area contributed by atoms with Crippen molar-refractivity contribution in [3.63, 3.8) is 0 Å². The van der Waals surface area contributed by atoms with Crippen LogP contribution in [0.15, 0.2) is 18.2 Å². The van der Waals surface area contributed by atoms with Crippen molar-refractivity contribution in [1.82, 2.24) is 15.5 Å².